The normalized spacial score (nSPS) is 11.6. The molecule has 0 radical (unpaired) electrons. The number of benzene rings is 1. The van der Waals surface area contributed by atoms with Crippen LogP contribution in [0, 0.1) is 6.92 Å². The quantitative estimate of drug-likeness (QED) is 0.554. The number of carbonyl (C=O) groups is 1. The zero-order chi connectivity index (χ0) is 11.4. The fourth-order valence-corrected chi connectivity index (χ4v) is 1.60. The Morgan fingerprint density at radius 2 is 2.13 bits per heavy atom. The lowest BCUT2D eigenvalue weighted by Gasteiger charge is -2.05. The van der Waals surface area contributed by atoms with Crippen LogP contribution in [0.1, 0.15) is 36.2 Å². The highest BCUT2D eigenvalue weighted by Gasteiger charge is 2.10. The van der Waals surface area contributed by atoms with Gasteiger partial charge in [0.25, 0.3) is 0 Å². The van der Waals surface area contributed by atoms with E-state index in [9.17, 15) is 4.79 Å². The van der Waals surface area contributed by atoms with Gasteiger partial charge in [0.15, 0.2) is 5.78 Å². The Hall–Kier alpha value is -1.08. The average molecular weight is 223 g/mol. The molecule has 0 heterocycles. The molecule has 0 aliphatic carbocycles. The highest BCUT2D eigenvalue weighted by molar-refractivity contribution is 6.31. The fraction of sp³-hybridized carbons (Fsp3) is 0.308. The van der Waals surface area contributed by atoms with E-state index in [2.05, 4.69) is 0 Å². The third-order valence-corrected chi connectivity index (χ3v) is 2.86. The largest absolute Gasteiger partial charge is 0.289 e. The van der Waals surface area contributed by atoms with Gasteiger partial charge < -0.3 is 0 Å². The number of hydrogen-bond acceptors (Lipinski definition) is 1. The summed E-state index contributed by atoms with van der Waals surface area (Å²) in [4.78, 5) is 11.9. The summed E-state index contributed by atoms with van der Waals surface area (Å²) in [5.74, 6) is 0.0712. The van der Waals surface area contributed by atoms with Gasteiger partial charge in [0, 0.05) is 10.6 Å². The van der Waals surface area contributed by atoms with Crippen LogP contribution in [0.3, 0.4) is 0 Å². The topological polar surface area (TPSA) is 17.1 Å². The first-order valence-corrected chi connectivity index (χ1v) is 5.44. The van der Waals surface area contributed by atoms with Gasteiger partial charge >= 0.3 is 0 Å². The van der Waals surface area contributed by atoms with Crippen LogP contribution in [0.15, 0.2) is 29.8 Å². The van der Waals surface area contributed by atoms with E-state index in [1.807, 2.05) is 39.0 Å². The van der Waals surface area contributed by atoms with Crippen molar-refractivity contribution in [2.45, 2.75) is 27.2 Å². The molecule has 0 aliphatic heterocycles. The Morgan fingerprint density at radius 1 is 1.47 bits per heavy atom. The van der Waals surface area contributed by atoms with Crippen LogP contribution in [-0.2, 0) is 0 Å². The predicted molar refractivity (Wildman–Crippen MR) is 64.6 cm³/mol. The summed E-state index contributed by atoms with van der Waals surface area (Å²) in [6, 6.07) is 5.43. The van der Waals surface area contributed by atoms with Crippen molar-refractivity contribution in [2.75, 3.05) is 0 Å². The number of ketones is 1. The van der Waals surface area contributed by atoms with E-state index >= 15 is 0 Å². The molecule has 0 spiro atoms. The van der Waals surface area contributed by atoms with Crippen molar-refractivity contribution >= 4 is 17.4 Å². The van der Waals surface area contributed by atoms with Crippen molar-refractivity contribution in [2.24, 2.45) is 0 Å². The van der Waals surface area contributed by atoms with Gasteiger partial charge in [-0.05, 0) is 37.5 Å². The first-order chi connectivity index (χ1) is 7.10. The standard InChI is InChI=1S/C13H15ClO/c1-4-10(5-2)13(15)11-7-6-9(3)12(14)8-11/h4,6-8H,5H2,1-3H3/b10-4-. The van der Waals surface area contributed by atoms with Crippen LogP contribution in [0.2, 0.25) is 5.02 Å². The number of carbonyl (C=O) groups excluding carboxylic acids is 1. The van der Waals surface area contributed by atoms with E-state index in [1.54, 1.807) is 6.07 Å². The molecule has 0 bridgehead atoms. The van der Waals surface area contributed by atoms with E-state index in [0.29, 0.717) is 10.6 Å². The molecule has 2 heteroatoms. The van der Waals surface area contributed by atoms with Gasteiger partial charge in [-0.1, -0.05) is 36.7 Å². The SMILES string of the molecule is C/C=C(/CC)C(=O)c1ccc(C)c(Cl)c1. The van der Waals surface area contributed by atoms with E-state index in [4.69, 9.17) is 11.6 Å². The number of halogens is 1. The second kappa shape index (κ2) is 5.13. The minimum absolute atomic E-state index is 0.0712. The minimum atomic E-state index is 0.0712. The first kappa shape index (κ1) is 12.0. The molecule has 15 heavy (non-hydrogen) atoms. The molecule has 0 unspecified atom stereocenters. The molecule has 0 aromatic heterocycles. The summed E-state index contributed by atoms with van der Waals surface area (Å²) in [5.41, 5.74) is 2.49. The molecule has 1 nitrogen and oxygen atoms in total. The molecule has 1 aromatic carbocycles. The summed E-state index contributed by atoms with van der Waals surface area (Å²) in [7, 11) is 0. The lowest BCUT2D eigenvalue weighted by atomic mass is 10.0. The third kappa shape index (κ3) is 2.69. The summed E-state index contributed by atoms with van der Waals surface area (Å²) >= 11 is 5.98. The van der Waals surface area contributed by atoms with Crippen LogP contribution in [0.25, 0.3) is 0 Å². The van der Waals surface area contributed by atoms with Crippen LogP contribution < -0.4 is 0 Å². The zero-order valence-electron chi connectivity index (χ0n) is 9.30. The van der Waals surface area contributed by atoms with Gasteiger partial charge in [-0.3, -0.25) is 4.79 Å². The number of hydrogen-bond donors (Lipinski definition) is 0. The highest BCUT2D eigenvalue weighted by Crippen LogP contribution is 2.19. The summed E-state index contributed by atoms with van der Waals surface area (Å²) in [6.45, 7) is 5.78. The van der Waals surface area contributed by atoms with Gasteiger partial charge in [-0.15, -0.1) is 0 Å². The first-order valence-electron chi connectivity index (χ1n) is 5.06. The van der Waals surface area contributed by atoms with Crippen molar-refractivity contribution in [1.82, 2.24) is 0 Å². The number of aryl methyl sites for hydroxylation is 1. The second-order valence-electron chi connectivity index (χ2n) is 3.46. The van der Waals surface area contributed by atoms with Gasteiger partial charge in [-0.25, -0.2) is 0 Å². The molecule has 0 aliphatic rings. The molecule has 1 rings (SSSR count). The second-order valence-corrected chi connectivity index (χ2v) is 3.87. The molecule has 0 atom stereocenters. The Bertz CT molecular complexity index is 405. The summed E-state index contributed by atoms with van der Waals surface area (Å²) in [5, 5.41) is 0.646. The van der Waals surface area contributed by atoms with Crippen molar-refractivity contribution in [1.29, 1.82) is 0 Å². The van der Waals surface area contributed by atoms with Gasteiger partial charge in [0.05, 0.1) is 0 Å². The molecular weight excluding hydrogens is 208 g/mol. The molecule has 0 amide bonds. The third-order valence-electron chi connectivity index (χ3n) is 2.46. The van der Waals surface area contributed by atoms with Crippen molar-refractivity contribution in [3.8, 4) is 0 Å². The number of allylic oxidation sites excluding steroid dienone is 2. The maximum atomic E-state index is 11.9. The Morgan fingerprint density at radius 3 is 2.60 bits per heavy atom. The molecule has 0 saturated carbocycles. The van der Waals surface area contributed by atoms with Crippen molar-refractivity contribution < 1.29 is 4.79 Å². The van der Waals surface area contributed by atoms with Crippen LogP contribution in [0.5, 0.6) is 0 Å². The highest BCUT2D eigenvalue weighted by atomic mass is 35.5. The molecule has 0 fully saturated rings. The fourth-order valence-electron chi connectivity index (χ4n) is 1.42. The van der Waals surface area contributed by atoms with E-state index in [0.717, 1.165) is 17.6 Å². The minimum Gasteiger partial charge on any atom is -0.289 e. The van der Waals surface area contributed by atoms with E-state index in [-0.39, 0.29) is 5.78 Å². The maximum Gasteiger partial charge on any atom is 0.188 e. The lowest BCUT2D eigenvalue weighted by molar-refractivity contribution is 0.103. The number of rotatable bonds is 3. The maximum absolute atomic E-state index is 11.9. The molecular formula is C13H15ClO. The smallest absolute Gasteiger partial charge is 0.188 e. The molecule has 80 valence electrons. The van der Waals surface area contributed by atoms with E-state index in [1.165, 1.54) is 0 Å². The Balaban J connectivity index is 3.07. The monoisotopic (exact) mass is 222 g/mol. The Labute approximate surface area is 95.8 Å². The van der Waals surface area contributed by atoms with Crippen molar-refractivity contribution in [3.63, 3.8) is 0 Å². The average Bonchev–Trinajstić information content (AvgIpc) is 2.23. The summed E-state index contributed by atoms with van der Waals surface area (Å²) < 4.78 is 0. The van der Waals surface area contributed by atoms with Crippen LogP contribution in [0.4, 0.5) is 0 Å². The zero-order valence-corrected chi connectivity index (χ0v) is 10.1. The van der Waals surface area contributed by atoms with Gasteiger partial charge in [0.1, 0.15) is 0 Å². The van der Waals surface area contributed by atoms with Gasteiger partial charge in [-0.2, -0.15) is 0 Å². The molecule has 0 saturated heterocycles. The molecule has 0 N–H and O–H groups in total. The Kier molecular flexibility index (Phi) is 4.10. The van der Waals surface area contributed by atoms with Crippen LogP contribution in [-0.4, -0.2) is 5.78 Å². The lowest BCUT2D eigenvalue weighted by Crippen LogP contribution is -2.02. The van der Waals surface area contributed by atoms with E-state index < -0.39 is 0 Å². The number of Topliss-reactive ketones (excluding diaryl/α,β-unsaturated/α-hetero) is 1. The molecule has 1 aromatic rings. The van der Waals surface area contributed by atoms with Crippen molar-refractivity contribution in [3.05, 3.63) is 46.0 Å². The summed E-state index contributed by atoms with van der Waals surface area (Å²) in [6.07, 6.45) is 2.61. The van der Waals surface area contributed by atoms with Gasteiger partial charge in [0.2, 0.25) is 0 Å². The van der Waals surface area contributed by atoms with Crippen LogP contribution >= 0.6 is 11.6 Å². The predicted octanol–water partition coefficient (Wildman–Crippen LogP) is 4.19.